The van der Waals surface area contributed by atoms with Crippen LogP contribution < -0.4 is 16.2 Å². The summed E-state index contributed by atoms with van der Waals surface area (Å²) in [5.74, 6) is 0.0360. The van der Waals surface area contributed by atoms with Gasteiger partial charge < -0.3 is 16.2 Å². The highest BCUT2D eigenvalue weighted by Gasteiger charge is 2.12. The molecule has 0 aliphatic carbocycles. The normalized spacial score (nSPS) is 9.63. The molecular weight excluding hydrogens is 242 g/mol. The SMILES string of the molecule is N#Cc1ccccc1Oc1cccc(C(N)=O)c1N. The number of hydrogen-bond donors (Lipinski definition) is 2. The molecule has 4 N–H and O–H groups in total. The molecule has 1 amide bonds. The van der Waals surface area contributed by atoms with Gasteiger partial charge in [-0.3, -0.25) is 4.79 Å². The monoisotopic (exact) mass is 253 g/mol. The topological polar surface area (TPSA) is 102 Å². The summed E-state index contributed by atoms with van der Waals surface area (Å²) in [6.07, 6.45) is 0. The van der Waals surface area contributed by atoms with Crippen LogP contribution in [-0.2, 0) is 0 Å². The summed E-state index contributed by atoms with van der Waals surface area (Å²) in [6.45, 7) is 0. The Morgan fingerprint density at radius 1 is 1.11 bits per heavy atom. The van der Waals surface area contributed by atoms with Crippen molar-refractivity contribution in [1.29, 1.82) is 5.26 Å². The molecule has 5 nitrogen and oxygen atoms in total. The van der Waals surface area contributed by atoms with E-state index in [1.54, 1.807) is 36.4 Å². The average Bonchev–Trinajstić information content (AvgIpc) is 2.41. The first kappa shape index (κ1) is 12.5. The van der Waals surface area contributed by atoms with E-state index in [9.17, 15) is 4.79 Å². The number of anilines is 1. The molecular formula is C14H11N3O2. The second-order valence-electron chi connectivity index (χ2n) is 3.79. The number of nitriles is 1. The van der Waals surface area contributed by atoms with Gasteiger partial charge in [0.2, 0.25) is 0 Å². The fourth-order valence-corrected chi connectivity index (χ4v) is 1.61. The number of para-hydroxylation sites is 2. The lowest BCUT2D eigenvalue weighted by Gasteiger charge is -2.11. The minimum absolute atomic E-state index is 0.155. The molecule has 0 aromatic heterocycles. The van der Waals surface area contributed by atoms with E-state index in [0.717, 1.165) is 0 Å². The second-order valence-corrected chi connectivity index (χ2v) is 3.79. The Morgan fingerprint density at radius 2 is 1.79 bits per heavy atom. The minimum atomic E-state index is -0.628. The number of primary amides is 1. The van der Waals surface area contributed by atoms with E-state index < -0.39 is 5.91 Å². The maximum atomic E-state index is 11.2. The third-order valence-corrected chi connectivity index (χ3v) is 2.56. The molecule has 0 saturated heterocycles. The quantitative estimate of drug-likeness (QED) is 0.817. The van der Waals surface area contributed by atoms with Crippen molar-refractivity contribution in [2.75, 3.05) is 5.73 Å². The van der Waals surface area contributed by atoms with Gasteiger partial charge in [0, 0.05) is 0 Å². The number of nitrogens with two attached hydrogens (primary N) is 2. The first-order valence-electron chi connectivity index (χ1n) is 5.48. The van der Waals surface area contributed by atoms with Crippen LogP contribution in [0.2, 0.25) is 0 Å². The van der Waals surface area contributed by atoms with Crippen molar-refractivity contribution < 1.29 is 9.53 Å². The molecule has 0 fully saturated rings. The van der Waals surface area contributed by atoms with Crippen LogP contribution in [0.3, 0.4) is 0 Å². The number of nitrogen functional groups attached to an aromatic ring is 1. The molecule has 5 heteroatoms. The van der Waals surface area contributed by atoms with Crippen molar-refractivity contribution in [3.05, 3.63) is 53.6 Å². The van der Waals surface area contributed by atoms with Crippen LogP contribution in [0, 0.1) is 11.3 Å². The van der Waals surface area contributed by atoms with E-state index in [2.05, 4.69) is 0 Å². The van der Waals surface area contributed by atoms with Gasteiger partial charge in [0.15, 0.2) is 5.75 Å². The summed E-state index contributed by atoms with van der Waals surface area (Å²) >= 11 is 0. The van der Waals surface area contributed by atoms with Crippen LogP contribution in [0.5, 0.6) is 11.5 Å². The van der Waals surface area contributed by atoms with Crippen LogP contribution in [0.1, 0.15) is 15.9 Å². The second kappa shape index (κ2) is 5.10. The molecule has 0 spiro atoms. The zero-order valence-electron chi connectivity index (χ0n) is 9.96. The first-order valence-corrected chi connectivity index (χ1v) is 5.48. The molecule has 19 heavy (non-hydrogen) atoms. The smallest absolute Gasteiger partial charge is 0.250 e. The molecule has 0 aliphatic heterocycles. The third-order valence-electron chi connectivity index (χ3n) is 2.56. The summed E-state index contributed by atoms with van der Waals surface area (Å²) < 4.78 is 5.57. The maximum absolute atomic E-state index is 11.2. The predicted octanol–water partition coefficient (Wildman–Crippen LogP) is 2.03. The molecule has 94 valence electrons. The summed E-state index contributed by atoms with van der Waals surface area (Å²) in [4.78, 5) is 11.2. The minimum Gasteiger partial charge on any atom is -0.454 e. The number of rotatable bonds is 3. The molecule has 0 saturated carbocycles. The Bertz CT molecular complexity index is 675. The highest BCUT2D eigenvalue weighted by atomic mass is 16.5. The van der Waals surface area contributed by atoms with Gasteiger partial charge in [-0.25, -0.2) is 0 Å². The lowest BCUT2D eigenvalue weighted by atomic mass is 10.1. The van der Waals surface area contributed by atoms with Gasteiger partial charge in [-0.15, -0.1) is 0 Å². The fraction of sp³-hybridized carbons (Fsp3) is 0. The number of benzene rings is 2. The number of nitrogens with zero attached hydrogens (tertiary/aromatic N) is 1. The zero-order valence-corrected chi connectivity index (χ0v) is 9.96. The lowest BCUT2D eigenvalue weighted by Crippen LogP contribution is -2.13. The highest BCUT2D eigenvalue weighted by molar-refractivity contribution is 5.99. The molecule has 0 heterocycles. The molecule has 0 unspecified atom stereocenters. The molecule has 0 radical (unpaired) electrons. The van der Waals surface area contributed by atoms with Crippen molar-refractivity contribution in [3.63, 3.8) is 0 Å². The lowest BCUT2D eigenvalue weighted by molar-refractivity contribution is 0.100. The molecule has 2 aromatic carbocycles. The van der Waals surface area contributed by atoms with Crippen LogP contribution >= 0.6 is 0 Å². The number of amides is 1. The van der Waals surface area contributed by atoms with E-state index in [1.807, 2.05) is 6.07 Å². The Labute approximate surface area is 110 Å². The van der Waals surface area contributed by atoms with Gasteiger partial charge in [0.1, 0.15) is 11.8 Å². The molecule has 0 bridgehead atoms. The van der Waals surface area contributed by atoms with Gasteiger partial charge in [-0.2, -0.15) is 5.26 Å². The van der Waals surface area contributed by atoms with Gasteiger partial charge in [0.25, 0.3) is 5.91 Å². The van der Waals surface area contributed by atoms with Crippen molar-refractivity contribution in [1.82, 2.24) is 0 Å². The summed E-state index contributed by atoms with van der Waals surface area (Å²) in [7, 11) is 0. The van der Waals surface area contributed by atoms with Crippen LogP contribution in [-0.4, -0.2) is 5.91 Å². The van der Waals surface area contributed by atoms with Gasteiger partial charge in [0.05, 0.1) is 16.8 Å². The number of ether oxygens (including phenoxy) is 1. The fourth-order valence-electron chi connectivity index (χ4n) is 1.61. The predicted molar refractivity (Wildman–Crippen MR) is 70.6 cm³/mol. The molecule has 0 aliphatic rings. The van der Waals surface area contributed by atoms with E-state index in [0.29, 0.717) is 17.1 Å². The van der Waals surface area contributed by atoms with Gasteiger partial charge in [-0.05, 0) is 24.3 Å². The van der Waals surface area contributed by atoms with Crippen molar-refractivity contribution in [3.8, 4) is 17.6 Å². The van der Waals surface area contributed by atoms with E-state index in [1.165, 1.54) is 6.07 Å². The number of hydrogen-bond acceptors (Lipinski definition) is 4. The van der Waals surface area contributed by atoms with Gasteiger partial charge >= 0.3 is 0 Å². The van der Waals surface area contributed by atoms with E-state index in [4.69, 9.17) is 21.5 Å². The van der Waals surface area contributed by atoms with Crippen molar-refractivity contribution in [2.24, 2.45) is 5.73 Å². The standard InChI is InChI=1S/C14H11N3O2/c15-8-9-4-1-2-6-11(9)19-12-7-3-5-10(13(12)16)14(17)18/h1-7H,16H2,(H2,17,18). The summed E-state index contributed by atoms with van der Waals surface area (Å²) in [6, 6.07) is 13.5. The number of carbonyl (C=O) groups excluding carboxylic acids is 1. The Kier molecular flexibility index (Phi) is 3.35. The van der Waals surface area contributed by atoms with E-state index in [-0.39, 0.29) is 11.3 Å². The largest absolute Gasteiger partial charge is 0.454 e. The van der Waals surface area contributed by atoms with Gasteiger partial charge in [-0.1, -0.05) is 18.2 Å². The van der Waals surface area contributed by atoms with Crippen molar-refractivity contribution in [2.45, 2.75) is 0 Å². The van der Waals surface area contributed by atoms with Crippen LogP contribution in [0.15, 0.2) is 42.5 Å². The molecule has 2 aromatic rings. The third kappa shape index (κ3) is 2.48. The van der Waals surface area contributed by atoms with Crippen LogP contribution in [0.25, 0.3) is 0 Å². The average molecular weight is 253 g/mol. The zero-order chi connectivity index (χ0) is 13.8. The Morgan fingerprint density at radius 3 is 2.47 bits per heavy atom. The first-order chi connectivity index (χ1) is 9.13. The molecule has 2 rings (SSSR count). The summed E-state index contributed by atoms with van der Waals surface area (Å²) in [5.41, 5.74) is 11.7. The Balaban J connectivity index is 2.42. The van der Waals surface area contributed by atoms with Crippen LogP contribution in [0.4, 0.5) is 5.69 Å². The highest BCUT2D eigenvalue weighted by Crippen LogP contribution is 2.31. The van der Waals surface area contributed by atoms with E-state index >= 15 is 0 Å². The number of carbonyl (C=O) groups is 1. The van der Waals surface area contributed by atoms with Crippen molar-refractivity contribution >= 4 is 11.6 Å². The molecule has 0 atom stereocenters. The Hall–Kier alpha value is -3.00. The maximum Gasteiger partial charge on any atom is 0.250 e. The summed E-state index contributed by atoms with van der Waals surface area (Å²) in [5, 5.41) is 8.97.